The molecule has 0 aliphatic heterocycles. The van der Waals surface area contributed by atoms with Gasteiger partial charge in [-0.15, -0.1) is 11.8 Å². The van der Waals surface area contributed by atoms with Gasteiger partial charge in [0.1, 0.15) is 0 Å². The molecule has 1 unspecified atom stereocenters. The van der Waals surface area contributed by atoms with Crippen molar-refractivity contribution in [3.05, 3.63) is 89.5 Å². The first-order chi connectivity index (χ1) is 16.4. The van der Waals surface area contributed by atoms with Gasteiger partial charge in [0.25, 0.3) is 5.91 Å². The highest BCUT2D eigenvalue weighted by Gasteiger charge is 2.19. The van der Waals surface area contributed by atoms with E-state index >= 15 is 0 Å². The Morgan fingerprint density at radius 2 is 1.53 bits per heavy atom. The number of carbonyl (C=O) groups excluding carboxylic acids is 3. The number of anilines is 2. The van der Waals surface area contributed by atoms with Crippen LogP contribution in [0.4, 0.5) is 11.4 Å². The van der Waals surface area contributed by atoms with E-state index in [1.54, 1.807) is 43.3 Å². The number of hydrogen-bond donors (Lipinski definition) is 2. The zero-order valence-electron chi connectivity index (χ0n) is 19.5. The molecule has 176 valence electrons. The summed E-state index contributed by atoms with van der Waals surface area (Å²) >= 11 is 1.43. The van der Waals surface area contributed by atoms with Crippen molar-refractivity contribution < 1.29 is 19.1 Å². The number of nitrogens with one attached hydrogen (secondary N) is 2. The van der Waals surface area contributed by atoms with Gasteiger partial charge in [-0.2, -0.15) is 0 Å². The number of esters is 1. The van der Waals surface area contributed by atoms with Crippen molar-refractivity contribution in [2.24, 2.45) is 0 Å². The summed E-state index contributed by atoms with van der Waals surface area (Å²) in [6.45, 7) is 5.98. The van der Waals surface area contributed by atoms with Crippen molar-refractivity contribution in [3.63, 3.8) is 0 Å². The Balaban J connectivity index is 1.62. The van der Waals surface area contributed by atoms with E-state index in [0.29, 0.717) is 35.5 Å². The van der Waals surface area contributed by atoms with Crippen molar-refractivity contribution in [2.45, 2.75) is 37.3 Å². The van der Waals surface area contributed by atoms with Gasteiger partial charge < -0.3 is 15.4 Å². The minimum Gasteiger partial charge on any atom is -0.462 e. The molecule has 34 heavy (non-hydrogen) atoms. The van der Waals surface area contributed by atoms with E-state index in [9.17, 15) is 14.4 Å². The molecular formula is C27H28N2O4S. The van der Waals surface area contributed by atoms with Crippen molar-refractivity contribution >= 4 is 40.9 Å². The molecule has 1 atom stereocenters. The maximum atomic E-state index is 12.9. The van der Waals surface area contributed by atoms with Gasteiger partial charge in [-0.1, -0.05) is 30.7 Å². The Kier molecular flexibility index (Phi) is 8.87. The smallest absolute Gasteiger partial charge is 0.338 e. The molecule has 0 heterocycles. The predicted molar refractivity (Wildman–Crippen MR) is 137 cm³/mol. The Morgan fingerprint density at radius 3 is 2.18 bits per heavy atom. The Bertz CT molecular complexity index is 1140. The molecular weight excluding hydrogens is 448 g/mol. The average molecular weight is 477 g/mol. The fourth-order valence-electron chi connectivity index (χ4n) is 3.17. The normalized spacial score (nSPS) is 11.4. The molecule has 3 aromatic carbocycles. The van der Waals surface area contributed by atoms with Crippen LogP contribution in [-0.2, 0) is 9.53 Å². The van der Waals surface area contributed by atoms with Gasteiger partial charge in [0.05, 0.1) is 17.4 Å². The average Bonchev–Trinajstić information content (AvgIpc) is 2.83. The van der Waals surface area contributed by atoms with E-state index in [0.717, 1.165) is 10.5 Å². The summed E-state index contributed by atoms with van der Waals surface area (Å²) in [6.07, 6.45) is 0.622. The van der Waals surface area contributed by atoms with Crippen molar-refractivity contribution in [1.29, 1.82) is 0 Å². The lowest BCUT2D eigenvalue weighted by Gasteiger charge is -2.16. The lowest BCUT2D eigenvalue weighted by Crippen LogP contribution is -2.24. The first kappa shape index (κ1) is 25.1. The zero-order chi connectivity index (χ0) is 24.5. The summed E-state index contributed by atoms with van der Waals surface area (Å²) in [6, 6.07) is 21.5. The molecule has 2 amide bonds. The van der Waals surface area contributed by atoms with Crippen LogP contribution in [0.25, 0.3) is 0 Å². The molecule has 6 nitrogen and oxygen atoms in total. The summed E-state index contributed by atoms with van der Waals surface area (Å²) in [4.78, 5) is 38.0. The van der Waals surface area contributed by atoms with E-state index in [-0.39, 0.29) is 17.1 Å². The highest BCUT2D eigenvalue weighted by atomic mass is 32.2. The van der Waals surface area contributed by atoms with Gasteiger partial charge in [-0.05, 0) is 74.9 Å². The number of aryl methyl sites for hydroxylation is 1. The van der Waals surface area contributed by atoms with Gasteiger partial charge in [0, 0.05) is 21.8 Å². The van der Waals surface area contributed by atoms with Crippen LogP contribution in [0.5, 0.6) is 0 Å². The Hall–Kier alpha value is -3.58. The molecule has 0 aliphatic carbocycles. The van der Waals surface area contributed by atoms with Crippen LogP contribution in [0, 0.1) is 6.92 Å². The molecule has 0 radical (unpaired) electrons. The third kappa shape index (κ3) is 6.96. The maximum Gasteiger partial charge on any atom is 0.338 e. The van der Waals surface area contributed by atoms with Gasteiger partial charge in [0.15, 0.2) is 0 Å². The predicted octanol–water partition coefficient (Wildman–Crippen LogP) is 5.93. The molecule has 2 N–H and O–H groups in total. The molecule has 3 aromatic rings. The van der Waals surface area contributed by atoms with E-state index < -0.39 is 5.97 Å². The third-order valence-corrected chi connectivity index (χ3v) is 6.37. The standard InChI is InChI=1S/C27H28N2O4S/c1-4-24(26(31)28-21-15-13-20(14-16-21)27(32)33-5-2)34-23-8-6-7-22(17-23)29-25(30)19-11-9-18(3)10-12-19/h6-17,24H,4-5H2,1-3H3,(H,28,31)(H,29,30). The van der Waals surface area contributed by atoms with Crippen LogP contribution in [0.1, 0.15) is 46.5 Å². The molecule has 0 bridgehead atoms. The van der Waals surface area contributed by atoms with Crippen LogP contribution < -0.4 is 10.6 Å². The highest BCUT2D eigenvalue weighted by Crippen LogP contribution is 2.29. The number of benzene rings is 3. The van der Waals surface area contributed by atoms with Crippen molar-refractivity contribution in [3.8, 4) is 0 Å². The minimum atomic E-state index is -0.392. The molecule has 0 spiro atoms. The highest BCUT2D eigenvalue weighted by molar-refractivity contribution is 8.00. The van der Waals surface area contributed by atoms with Gasteiger partial charge >= 0.3 is 5.97 Å². The molecule has 0 fully saturated rings. The van der Waals surface area contributed by atoms with E-state index in [1.165, 1.54) is 11.8 Å². The lowest BCUT2D eigenvalue weighted by molar-refractivity contribution is -0.115. The Morgan fingerprint density at radius 1 is 0.853 bits per heavy atom. The Labute approximate surface area is 204 Å². The lowest BCUT2D eigenvalue weighted by atomic mass is 10.1. The van der Waals surface area contributed by atoms with Crippen LogP contribution in [0.3, 0.4) is 0 Å². The van der Waals surface area contributed by atoms with E-state index in [1.807, 2.05) is 50.2 Å². The monoisotopic (exact) mass is 476 g/mol. The number of carbonyl (C=O) groups is 3. The molecule has 0 saturated carbocycles. The second kappa shape index (κ2) is 12.0. The summed E-state index contributed by atoms with van der Waals surface area (Å²) < 4.78 is 4.98. The topological polar surface area (TPSA) is 84.5 Å². The summed E-state index contributed by atoms with van der Waals surface area (Å²) in [5.41, 5.74) is 3.39. The number of rotatable bonds is 9. The van der Waals surface area contributed by atoms with Crippen molar-refractivity contribution in [1.82, 2.24) is 0 Å². The SMILES string of the molecule is CCOC(=O)c1ccc(NC(=O)C(CC)Sc2cccc(NC(=O)c3ccc(C)cc3)c2)cc1. The fourth-order valence-corrected chi connectivity index (χ4v) is 4.18. The largest absolute Gasteiger partial charge is 0.462 e. The number of thioether (sulfide) groups is 1. The number of hydrogen-bond acceptors (Lipinski definition) is 5. The first-order valence-corrected chi connectivity index (χ1v) is 12.0. The van der Waals surface area contributed by atoms with Crippen molar-refractivity contribution in [2.75, 3.05) is 17.2 Å². The second-order valence-electron chi connectivity index (χ2n) is 7.65. The molecule has 3 rings (SSSR count). The first-order valence-electron chi connectivity index (χ1n) is 11.1. The maximum absolute atomic E-state index is 12.9. The molecule has 0 aromatic heterocycles. The van der Waals surface area contributed by atoms with Gasteiger partial charge in [-0.3, -0.25) is 9.59 Å². The summed E-state index contributed by atoms with van der Waals surface area (Å²) in [7, 11) is 0. The van der Waals surface area contributed by atoms with Gasteiger partial charge in [-0.25, -0.2) is 4.79 Å². The summed E-state index contributed by atoms with van der Waals surface area (Å²) in [5.74, 6) is -0.708. The minimum absolute atomic E-state index is 0.134. The van der Waals surface area contributed by atoms with Crippen LogP contribution in [0.2, 0.25) is 0 Å². The van der Waals surface area contributed by atoms with Crippen LogP contribution in [-0.4, -0.2) is 29.6 Å². The number of ether oxygens (including phenoxy) is 1. The van der Waals surface area contributed by atoms with E-state index in [2.05, 4.69) is 10.6 Å². The number of amides is 2. The molecule has 7 heteroatoms. The third-order valence-electron chi connectivity index (χ3n) is 5.01. The zero-order valence-corrected chi connectivity index (χ0v) is 20.3. The van der Waals surface area contributed by atoms with Gasteiger partial charge in [0.2, 0.25) is 5.91 Å². The quantitative estimate of drug-likeness (QED) is 0.295. The fraction of sp³-hybridized carbons (Fsp3) is 0.222. The van der Waals surface area contributed by atoms with Crippen LogP contribution in [0.15, 0.2) is 77.7 Å². The second-order valence-corrected chi connectivity index (χ2v) is 8.93. The molecule has 0 aliphatic rings. The van der Waals surface area contributed by atoms with E-state index in [4.69, 9.17) is 4.74 Å². The summed E-state index contributed by atoms with van der Waals surface area (Å²) in [5, 5.41) is 5.49. The molecule has 0 saturated heterocycles. The van der Waals surface area contributed by atoms with Crippen LogP contribution >= 0.6 is 11.8 Å².